The Morgan fingerprint density at radius 2 is 2.37 bits per heavy atom. The van der Waals surface area contributed by atoms with E-state index in [-0.39, 0.29) is 11.3 Å². The Morgan fingerprint density at radius 3 is 3.00 bits per heavy atom. The molecule has 0 amide bonds. The number of carboxylic acids is 1. The number of carbonyl (C=O) groups is 1. The second-order valence-corrected chi connectivity index (χ2v) is 6.28. The van der Waals surface area contributed by atoms with Gasteiger partial charge in [-0.2, -0.15) is 0 Å². The summed E-state index contributed by atoms with van der Waals surface area (Å²) in [5.74, 6) is -0.858. The van der Waals surface area contributed by atoms with Gasteiger partial charge >= 0.3 is 5.97 Å². The number of fused-ring (bicyclic) bond motifs is 1. The molecule has 0 atom stereocenters. The molecule has 1 aliphatic rings. The lowest BCUT2D eigenvalue weighted by molar-refractivity contribution is -0.133. The van der Waals surface area contributed by atoms with Gasteiger partial charge in [-0.05, 0) is 25.8 Å². The van der Waals surface area contributed by atoms with Crippen LogP contribution in [0.3, 0.4) is 0 Å². The van der Waals surface area contributed by atoms with Crippen molar-refractivity contribution < 1.29 is 9.90 Å². The Morgan fingerprint density at radius 1 is 1.63 bits per heavy atom. The van der Waals surface area contributed by atoms with E-state index in [1.54, 1.807) is 12.3 Å². The number of hydrogen-bond acceptors (Lipinski definition) is 4. The number of aliphatic carboxylic acids is 1. The highest BCUT2D eigenvalue weighted by atomic mass is 35.5. The zero-order chi connectivity index (χ0) is 13.6. The van der Waals surface area contributed by atoms with Crippen LogP contribution in [0.25, 0.3) is 11.2 Å². The van der Waals surface area contributed by atoms with E-state index >= 15 is 0 Å². The Kier molecular flexibility index (Phi) is 2.94. The van der Waals surface area contributed by atoms with Crippen LogP contribution in [0.15, 0.2) is 17.4 Å². The predicted octanol–water partition coefficient (Wildman–Crippen LogP) is 2.77. The molecule has 19 heavy (non-hydrogen) atoms. The van der Waals surface area contributed by atoms with Gasteiger partial charge in [0.1, 0.15) is 5.52 Å². The van der Waals surface area contributed by atoms with Crippen LogP contribution in [-0.4, -0.2) is 31.4 Å². The third-order valence-electron chi connectivity index (χ3n) is 3.27. The Balaban J connectivity index is 2.11. The number of thioether (sulfide) groups is 1. The van der Waals surface area contributed by atoms with Crippen LogP contribution in [0.5, 0.6) is 0 Å². The number of carboxylic acid groups (broad SMARTS) is 1. The molecule has 0 radical (unpaired) electrons. The fourth-order valence-electron chi connectivity index (χ4n) is 2.03. The summed E-state index contributed by atoms with van der Waals surface area (Å²) in [6.07, 6.45) is 3.71. The molecule has 0 aliphatic heterocycles. The Bertz CT molecular complexity index is 666. The summed E-state index contributed by atoms with van der Waals surface area (Å²) in [6, 6.07) is 1.76. The first-order valence-corrected chi connectivity index (χ1v) is 7.25. The van der Waals surface area contributed by atoms with Gasteiger partial charge in [-0.15, -0.1) is 0 Å². The van der Waals surface area contributed by atoms with Crippen molar-refractivity contribution in [1.82, 2.24) is 14.5 Å². The van der Waals surface area contributed by atoms with Gasteiger partial charge in [0.25, 0.3) is 0 Å². The number of hydrogen-bond donors (Lipinski definition) is 1. The van der Waals surface area contributed by atoms with Gasteiger partial charge in [0.2, 0.25) is 0 Å². The minimum atomic E-state index is -0.851. The molecule has 1 N–H and O–H groups in total. The van der Waals surface area contributed by atoms with Crippen molar-refractivity contribution in [2.45, 2.75) is 30.5 Å². The molecule has 0 aromatic carbocycles. The van der Waals surface area contributed by atoms with Gasteiger partial charge in [-0.25, -0.2) is 9.97 Å². The minimum Gasteiger partial charge on any atom is -0.481 e. The van der Waals surface area contributed by atoms with Gasteiger partial charge in [0.05, 0.1) is 10.8 Å². The van der Waals surface area contributed by atoms with Gasteiger partial charge in [-0.1, -0.05) is 23.4 Å². The molecule has 0 unspecified atom stereocenters. The SMILES string of the molecule is CC1(n2c(SCC(=O)O)nc3cc(Cl)cnc32)CC1. The number of pyridine rings is 1. The number of halogens is 1. The monoisotopic (exact) mass is 297 g/mol. The van der Waals surface area contributed by atoms with E-state index in [4.69, 9.17) is 16.7 Å². The molecular formula is C12H12ClN3O2S. The third kappa shape index (κ3) is 2.30. The second-order valence-electron chi connectivity index (χ2n) is 4.91. The summed E-state index contributed by atoms with van der Waals surface area (Å²) in [5, 5.41) is 10.0. The van der Waals surface area contributed by atoms with Crippen LogP contribution in [0, 0.1) is 0 Å². The summed E-state index contributed by atoms with van der Waals surface area (Å²) in [5.41, 5.74) is 1.50. The quantitative estimate of drug-likeness (QED) is 0.879. The zero-order valence-corrected chi connectivity index (χ0v) is 11.8. The normalized spacial score (nSPS) is 16.7. The number of rotatable bonds is 4. The lowest BCUT2D eigenvalue weighted by Gasteiger charge is -2.14. The van der Waals surface area contributed by atoms with Gasteiger partial charge in [0.15, 0.2) is 10.8 Å². The molecule has 0 saturated heterocycles. The maximum Gasteiger partial charge on any atom is 0.313 e. The van der Waals surface area contributed by atoms with Crippen LogP contribution in [-0.2, 0) is 10.3 Å². The lowest BCUT2D eigenvalue weighted by atomic mass is 10.3. The van der Waals surface area contributed by atoms with Crippen molar-refractivity contribution in [3.63, 3.8) is 0 Å². The number of aromatic nitrogens is 3. The number of imidazole rings is 1. The van der Waals surface area contributed by atoms with Gasteiger partial charge in [0, 0.05) is 11.7 Å². The van der Waals surface area contributed by atoms with Crippen LogP contribution in [0.2, 0.25) is 5.02 Å². The van der Waals surface area contributed by atoms with Gasteiger partial charge in [-0.3, -0.25) is 9.36 Å². The molecule has 2 aromatic heterocycles. The van der Waals surface area contributed by atoms with E-state index in [0.717, 1.165) is 18.5 Å². The molecule has 1 fully saturated rings. The Labute approximate surface area is 119 Å². The van der Waals surface area contributed by atoms with Crippen LogP contribution >= 0.6 is 23.4 Å². The summed E-state index contributed by atoms with van der Waals surface area (Å²) < 4.78 is 2.05. The first-order chi connectivity index (χ1) is 8.99. The molecule has 3 rings (SSSR count). The average Bonchev–Trinajstić information content (AvgIpc) is 2.97. The number of nitrogens with zero attached hydrogens (tertiary/aromatic N) is 3. The van der Waals surface area contributed by atoms with Gasteiger partial charge < -0.3 is 5.11 Å². The topological polar surface area (TPSA) is 68.0 Å². The van der Waals surface area contributed by atoms with Crippen molar-refractivity contribution in [3.05, 3.63) is 17.3 Å². The molecule has 0 bridgehead atoms. The van der Waals surface area contributed by atoms with E-state index in [1.165, 1.54) is 11.8 Å². The molecule has 2 heterocycles. The molecule has 0 spiro atoms. The second kappa shape index (κ2) is 4.38. The Hall–Kier alpha value is -1.27. The summed E-state index contributed by atoms with van der Waals surface area (Å²) >= 11 is 7.15. The molecule has 2 aromatic rings. The highest BCUT2D eigenvalue weighted by Crippen LogP contribution is 2.46. The van der Waals surface area contributed by atoms with E-state index in [1.807, 2.05) is 4.57 Å². The van der Waals surface area contributed by atoms with Crippen molar-refractivity contribution >= 4 is 40.5 Å². The summed E-state index contributed by atoms with van der Waals surface area (Å²) in [4.78, 5) is 19.5. The molecule has 100 valence electrons. The first kappa shape index (κ1) is 12.7. The minimum absolute atomic E-state index is 0.00681. The van der Waals surface area contributed by atoms with Crippen LogP contribution in [0.1, 0.15) is 19.8 Å². The highest BCUT2D eigenvalue weighted by molar-refractivity contribution is 7.99. The van der Waals surface area contributed by atoms with Crippen molar-refractivity contribution in [2.75, 3.05) is 5.75 Å². The lowest BCUT2D eigenvalue weighted by Crippen LogP contribution is -2.14. The first-order valence-electron chi connectivity index (χ1n) is 5.89. The summed E-state index contributed by atoms with van der Waals surface area (Å²) in [6.45, 7) is 2.13. The average molecular weight is 298 g/mol. The van der Waals surface area contributed by atoms with Crippen LogP contribution < -0.4 is 0 Å². The molecule has 7 heteroatoms. The largest absolute Gasteiger partial charge is 0.481 e. The van der Waals surface area contributed by atoms with Crippen molar-refractivity contribution in [2.24, 2.45) is 0 Å². The highest BCUT2D eigenvalue weighted by Gasteiger charge is 2.42. The van der Waals surface area contributed by atoms with E-state index in [9.17, 15) is 4.79 Å². The fraction of sp³-hybridized carbons (Fsp3) is 0.417. The predicted molar refractivity (Wildman–Crippen MR) is 73.8 cm³/mol. The summed E-state index contributed by atoms with van der Waals surface area (Å²) in [7, 11) is 0. The van der Waals surface area contributed by atoms with Crippen LogP contribution in [0.4, 0.5) is 0 Å². The standard InChI is InChI=1S/C12H12ClN3O2S/c1-12(2-3-12)16-10-8(4-7(13)5-14-10)15-11(16)19-6-9(17)18/h4-5H,2-3,6H2,1H3,(H,17,18). The van der Waals surface area contributed by atoms with Crippen molar-refractivity contribution in [1.29, 1.82) is 0 Å². The smallest absolute Gasteiger partial charge is 0.313 e. The fourth-order valence-corrected chi connectivity index (χ4v) is 3.04. The molecule has 5 nitrogen and oxygen atoms in total. The third-order valence-corrected chi connectivity index (χ3v) is 4.40. The van der Waals surface area contributed by atoms with E-state index in [2.05, 4.69) is 16.9 Å². The molecule has 1 aliphatic carbocycles. The zero-order valence-electron chi connectivity index (χ0n) is 10.3. The molecular weight excluding hydrogens is 286 g/mol. The maximum atomic E-state index is 10.7. The maximum absolute atomic E-state index is 10.7. The van der Waals surface area contributed by atoms with E-state index < -0.39 is 5.97 Å². The van der Waals surface area contributed by atoms with E-state index in [0.29, 0.717) is 15.7 Å². The van der Waals surface area contributed by atoms with Crippen molar-refractivity contribution in [3.8, 4) is 0 Å². The molecule has 1 saturated carbocycles.